The van der Waals surface area contributed by atoms with Gasteiger partial charge in [0, 0.05) is 22.6 Å². The second-order valence-electron chi connectivity index (χ2n) is 2.92. The normalized spacial score (nSPS) is 15.2. The molecule has 66 valence electrons. The van der Waals surface area contributed by atoms with Gasteiger partial charge in [-0.05, 0) is 18.2 Å². The summed E-state index contributed by atoms with van der Waals surface area (Å²) in [5, 5.41) is 0.643. The molecule has 0 saturated heterocycles. The monoisotopic (exact) mass is 194 g/mol. The van der Waals surface area contributed by atoms with Gasteiger partial charge in [0.1, 0.15) is 5.75 Å². The molecule has 1 heterocycles. The number of hydrogen-bond acceptors (Lipinski definition) is 2. The molecule has 0 amide bonds. The Bertz CT molecular complexity index is 396. The fourth-order valence-electron chi connectivity index (χ4n) is 1.26. The summed E-state index contributed by atoms with van der Waals surface area (Å²) in [5.41, 5.74) is 1.38. The zero-order valence-electron chi connectivity index (χ0n) is 6.84. The molecule has 1 aromatic carbocycles. The van der Waals surface area contributed by atoms with Crippen molar-refractivity contribution < 1.29 is 9.53 Å². The van der Waals surface area contributed by atoms with E-state index in [4.69, 9.17) is 16.3 Å². The van der Waals surface area contributed by atoms with Gasteiger partial charge >= 0.3 is 5.97 Å². The number of ether oxygens (including phenoxy) is 1. The third kappa shape index (κ3) is 1.45. The molecule has 0 aromatic heterocycles. The van der Waals surface area contributed by atoms with Crippen LogP contribution in [0.4, 0.5) is 0 Å². The van der Waals surface area contributed by atoms with E-state index in [9.17, 15) is 4.79 Å². The molecule has 3 heteroatoms. The molecule has 0 bridgehead atoms. The number of carbonyl (C=O) groups excluding carboxylic acids is 1. The van der Waals surface area contributed by atoms with E-state index in [1.165, 1.54) is 0 Å². The van der Waals surface area contributed by atoms with Crippen LogP contribution in [0.5, 0.6) is 5.75 Å². The highest BCUT2D eigenvalue weighted by atomic mass is 35.5. The minimum Gasteiger partial charge on any atom is -0.423 e. The number of rotatable bonds is 0. The summed E-state index contributed by atoms with van der Waals surface area (Å²) in [6, 6.07) is 5.18. The molecule has 1 aromatic rings. The van der Waals surface area contributed by atoms with Crippen LogP contribution in [-0.2, 0) is 11.2 Å². The first-order valence-electron chi connectivity index (χ1n) is 3.85. The minimum absolute atomic E-state index is 0.352. The lowest BCUT2D eigenvalue weighted by molar-refractivity contribution is -0.130. The topological polar surface area (TPSA) is 26.3 Å². The van der Waals surface area contributed by atoms with E-state index in [0.717, 1.165) is 5.56 Å². The maximum absolute atomic E-state index is 11.1. The molecule has 0 unspecified atom stereocenters. The predicted molar refractivity (Wildman–Crippen MR) is 49.9 cm³/mol. The summed E-state index contributed by atoms with van der Waals surface area (Å²) < 4.78 is 5.00. The number of halogens is 1. The van der Waals surface area contributed by atoms with E-state index in [1.807, 2.05) is 0 Å². The molecule has 0 spiro atoms. The highest BCUT2D eigenvalue weighted by Crippen LogP contribution is 2.29. The second kappa shape index (κ2) is 2.89. The van der Waals surface area contributed by atoms with Crippen molar-refractivity contribution in [3.8, 4) is 5.75 Å². The Morgan fingerprint density at radius 3 is 3.00 bits per heavy atom. The zero-order chi connectivity index (χ0) is 9.42. The van der Waals surface area contributed by atoms with Crippen LogP contribution in [0.1, 0.15) is 5.56 Å². The fraction of sp³-hybridized carbons (Fsp3) is 0.100. The van der Waals surface area contributed by atoms with Gasteiger partial charge in [-0.25, -0.2) is 4.79 Å². The number of benzene rings is 1. The molecule has 0 N–H and O–H groups in total. The van der Waals surface area contributed by atoms with Gasteiger partial charge in [0.15, 0.2) is 0 Å². The molecular weight excluding hydrogens is 188 g/mol. The second-order valence-corrected chi connectivity index (χ2v) is 3.36. The van der Waals surface area contributed by atoms with Crippen LogP contribution in [-0.4, -0.2) is 5.97 Å². The van der Waals surface area contributed by atoms with E-state index >= 15 is 0 Å². The average Bonchev–Trinajstić information content (AvgIpc) is 2.08. The summed E-state index contributed by atoms with van der Waals surface area (Å²) in [6.45, 7) is 3.61. The number of esters is 1. The van der Waals surface area contributed by atoms with E-state index in [-0.39, 0.29) is 5.97 Å². The fourth-order valence-corrected chi connectivity index (χ4v) is 1.45. The van der Waals surface area contributed by atoms with Crippen molar-refractivity contribution in [2.75, 3.05) is 0 Å². The van der Waals surface area contributed by atoms with Gasteiger partial charge in [-0.15, -0.1) is 0 Å². The van der Waals surface area contributed by atoms with Crippen LogP contribution in [0, 0.1) is 0 Å². The van der Waals surface area contributed by atoms with Crippen LogP contribution in [0.25, 0.3) is 0 Å². The third-order valence-electron chi connectivity index (χ3n) is 1.92. The highest BCUT2D eigenvalue weighted by molar-refractivity contribution is 6.30. The average molecular weight is 195 g/mol. The lowest BCUT2D eigenvalue weighted by Crippen LogP contribution is -2.18. The third-order valence-corrected chi connectivity index (χ3v) is 2.15. The van der Waals surface area contributed by atoms with Crippen molar-refractivity contribution in [3.05, 3.63) is 40.9 Å². The molecule has 0 aliphatic carbocycles. The first-order chi connectivity index (χ1) is 6.16. The molecule has 1 aliphatic heterocycles. The van der Waals surface area contributed by atoms with Crippen LogP contribution >= 0.6 is 11.6 Å². The van der Waals surface area contributed by atoms with E-state index in [2.05, 4.69) is 6.58 Å². The van der Waals surface area contributed by atoms with Gasteiger partial charge in [0.05, 0.1) is 0 Å². The van der Waals surface area contributed by atoms with E-state index in [1.54, 1.807) is 18.2 Å². The van der Waals surface area contributed by atoms with Crippen LogP contribution in [0.3, 0.4) is 0 Å². The van der Waals surface area contributed by atoms with Crippen molar-refractivity contribution in [2.24, 2.45) is 0 Å². The molecule has 0 radical (unpaired) electrons. The summed E-state index contributed by atoms with van der Waals surface area (Å²) in [6.07, 6.45) is 0.523. The lowest BCUT2D eigenvalue weighted by Gasteiger charge is -2.16. The zero-order valence-corrected chi connectivity index (χ0v) is 7.60. The largest absolute Gasteiger partial charge is 0.423 e. The Hall–Kier alpha value is -1.28. The van der Waals surface area contributed by atoms with Gasteiger partial charge < -0.3 is 4.74 Å². The maximum Gasteiger partial charge on any atom is 0.339 e. The number of carbonyl (C=O) groups is 1. The molecular formula is C10H7ClO2. The first kappa shape index (κ1) is 8.32. The standard InChI is InChI=1S/C10H7ClO2/c1-6-4-7-5-8(11)2-3-9(7)13-10(6)12/h2-3,5H,1,4H2. The van der Waals surface area contributed by atoms with Crippen molar-refractivity contribution >= 4 is 17.6 Å². The Labute approximate surface area is 80.8 Å². The lowest BCUT2D eigenvalue weighted by atomic mass is 10.0. The number of hydrogen-bond donors (Lipinski definition) is 0. The van der Waals surface area contributed by atoms with Crippen molar-refractivity contribution in [2.45, 2.75) is 6.42 Å². The van der Waals surface area contributed by atoms with Gasteiger partial charge in [0.25, 0.3) is 0 Å². The van der Waals surface area contributed by atoms with Gasteiger partial charge in [0.2, 0.25) is 0 Å². The summed E-state index contributed by atoms with van der Waals surface area (Å²) in [5.74, 6) is 0.233. The summed E-state index contributed by atoms with van der Waals surface area (Å²) in [4.78, 5) is 11.1. The Morgan fingerprint density at radius 2 is 2.23 bits per heavy atom. The molecule has 0 fully saturated rings. The summed E-state index contributed by atoms with van der Waals surface area (Å²) >= 11 is 5.79. The Kier molecular flexibility index (Phi) is 1.85. The van der Waals surface area contributed by atoms with Crippen LogP contribution < -0.4 is 4.74 Å². The Balaban J connectivity index is 2.48. The van der Waals surface area contributed by atoms with Crippen molar-refractivity contribution in [1.82, 2.24) is 0 Å². The molecule has 2 rings (SSSR count). The number of fused-ring (bicyclic) bond motifs is 1. The van der Waals surface area contributed by atoms with Crippen LogP contribution in [0.2, 0.25) is 5.02 Å². The SMILES string of the molecule is C=C1Cc2cc(Cl)ccc2OC1=O. The maximum atomic E-state index is 11.1. The smallest absolute Gasteiger partial charge is 0.339 e. The molecule has 0 saturated carbocycles. The van der Waals surface area contributed by atoms with Crippen LogP contribution in [0.15, 0.2) is 30.4 Å². The van der Waals surface area contributed by atoms with Gasteiger partial charge in [-0.1, -0.05) is 18.2 Å². The first-order valence-corrected chi connectivity index (χ1v) is 4.23. The summed E-state index contributed by atoms with van der Waals surface area (Å²) in [7, 11) is 0. The van der Waals surface area contributed by atoms with E-state index in [0.29, 0.717) is 22.8 Å². The molecule has 1 aliphatic rings. The highest BCUT2D eigenvalue weighted by Gasteiger charge is 2.20. The van der Waals surface area contributed by atoms with E-state index < -0.39 is 0 Å². The molecule has 2 nitrogen and oxygen atoms in total. The predicted octanol–water partition coefficient (Wildman–Crippen LogP) is 2.36. The molecule has 13 heavy (non-hydrogen) atoms. The van der Waals surface area contributed by atoms with Crippen molar-refractivity contribution in [3.63, 3.8) is 0 Å². The van der Waals surface area contributed by atoms with Crippen molar-refractivity contribution in [1.29, 1.82) is 0 Å². The minimum atomic E-state index is -0.352. The Morgan fingerprint density at radius 1 is 1.46 bits per heavy atom. The molecule has 0 atom stereocenters. The van der Waals surface area contributed by atoms with Gasteiger partial charge in [-0.2, -0.15) is 0 Å². The quantitative estimate of drug-likeness (QED) is 0.360. The van der Waals surface area contributed by atoms with Gasteiger partial charge in [-0.3, -0.25) is 0 Å².